The van der Waals surface area contributed by atoms with Crippen molar-refractivity contribution >= 4 is 27.3 Å². The second-order valence-electron chi connectivity index (χ2n) is 4.36. The number of nitrogens with zero attached hydrogens (tertiary/aromatic N) is 2. The lowest BCUT2D eigenvalue weighted by molar-refractivity contribution is 0.338. The Morgan fingerprint density at radius 1 is 1.41 bits per heavy atom. The van der Waals surface area contributed by atoms with E-state index in [0.29, 0.717) is 12.0 Å². The van der Waals surface area contributed by atoms with Crippen molar-refractivity contribution in [2.75, 3.05) is 0 Å². The van der Waals surface area contributed by atoms with Crippen LogP contribution in [-0.2, 0) is 0 Å². The Balaban J connectivity index is 1.89. The normalized spacial score (nSPS) is 23.4. The summed E-state index contributed by atoms with van der Waals surface area (Å²) in [7, 11) is 0. The van der Waals surface area contributed by atoms with Crippen molar-refractivity contribution in [2.45, 2.75) is 24.8 Å². The van der Waals surface area contributed by atoms with Crippen molar-refractivity contribution < 1.29 is 0 Å². The van der Waals surface area contributed by atoms with Crippen molar-refractivity contribution in [3.05, 3.63) is 34.0 Å². The highest BCUT2D eigenvalue weighted by atomic mass is 79.9. The predicted molar refractivity (Wildman–Crippen MR) is 73.0 cm³/mol. The molecule has 2 aromatic heterocycles. The molecular weight excluding hydrogens is 298 g/mol. The molecule has 3 nitrogen and oxygen atoms in total. The Bertz CT molecular complexity index is 534. The highest BCUT2D eigenvalue weighted by Gasteiger charge is 2.29. The van der Waals surface area contributed by atoms with Crippen LogP contribution in [0.25, 0.3) is 10.6 Å². The number of hydrogen-bond acceptors (Lipinski definition) is 4. The highest BCUT2D eigenvalue weighted by Crippen LogP contribution is 2.35. The van der Waals surface area contributed by atoms with Crippen LogP contribution < -0.4 is 5.73 Å². The van der Waals surface area contributed by atoms with E-state index in [2.05, 4.69) is 37.3 Å². The standard InChI is InChI=1S/C12H12BrN3S/c13-8-5-11(17-6-8)10-1-2-15-12(16-10)7-3-9(14)4-7/h1-2,5-7,9H,3-4,14H2. The maximum atomic E-state index is 5.80. The summed E-state index contributed by atoms with van der Waals surface area (Å²) >= 11 is 5.15. The number of nitrogens with two attached hydrogens (primary N) is 1. The highest BCUT2D eigenvalue weighted by molar-refractivity contribution is 9.10. The molecule has 88 valence electrons. The molecule has 1 aliphatic carbocycles. The van der Waals surface area contributed by atoms with E-state index in [9.17, 15) is 0 Å². The van der Waals surface area contributed by atoms with Crippen LogP contribution in [0.1, 0.15) is 24.6 Å². The van der Waals surface area contributed by atoms with Crippen molar-refractivity contribution in [3.63, 3.8) is 0 Å². The first-order chi connectivity index (χ1) is 8.22. The van der Waals surface area contributed by atoms with Gasteiger partial charge in [0.25, 0.3) is 0 Å². The van der Waals surface area contributed by atoms with Crippen LogP contribution >= 0.6 is 27.3 Å². The van der Waals surface area contributed by atoms with Gasteiger partial charge >= 0.3 is 0 Å². The summed E-state index contributed by atoms with van der Waals surface area (Å²) in [6.45, 7) is 0. The molecule has 5 heteroatoms. The molecule has 0 aliphatic heterocycles. The van der Waals surface area contributed by atoms with E-state index in [1.165, 1.54) is 4.88 Å². The van der Waals surface area contributed by atoms with Crippen LogP contribution in [0.15, 0.2) is 28.2 Å². The minimum atomic E-state index is 0.336. The first-order valence-corrected chi connectivity index (χ1v) is 7.22. The number of hydrogen-bond donors (Lipinski definition) is 1. The van der Waals surface area contributed by atoms with Crippen molar-refractivity contribution in [1.29, 1.82) is 0 Å². The molecule has 0 radical (unpaired) electrons. The van der Waals surface area contributed by atoms with Gasteiger partial charge in [0.2, 0.25) is 0 Å². The molecule has 0 atom stereocenters. The van der Waals surface area contributed by atoms with Crippen molar-refractivity contribution in [3.8, 4) is 10.6 Å². The van der Waals surface area contributed by atoms with Crippen LogP contribution in [0.5, 0.6) is 0 Å². The molecule has 2 N–H and O–H groups in total. The molecule has 0 bridgehead atoms. The molecule has 1 saturated carbocycles. The molecule has 2 aromatic rings. The Labute approximate surface area is 112 Å². The van der Waals surface area contributed by atoms with E-state index in [4.69, 9.17) is 5.73 Å². The zero-order valence-electron chi connectivity index (χ0n) is 9.14. The lowest BCUT2D eigenvalue weighted by Crippen LogP contribution is -2.35. The largest absolute Gasteiger partial charge is 0.328 e. The summed E-state index contributed by atoms with van der Waals surface area (Å²) in [6.07, 6.45) is 3.87. The Hall–Kier alpha value is -0.780. The number of aromatic nitrogens is 2. The molecule has 3 rings (SSSR count). The first-order valence-electron chi connectivity index (χ1n) is 5.55. The topological polar surface area (TPSA) is 51.8 Å². The van der Waals surface area contributed by atoms with Gasteiger partial charge < -0.3 is 5.73 Å². The lowest BCUT2D eigenvalue weighted by atomic mass is 9.80. The number of halogens is 1. The van der Waals surface area contributed by atoms with E-state index in [-0.39, 0.29) is 0 Å². The fourth-order valence-corrected chi connectivity index (χ4v) is 3.43. The van der Waals surface area contributed by atoms with Crippen LogP contribution in [-0.4, -0.2) is 16.0 Å². The average molecular weight is 310 g/mol. The quantitative estimate of drug-likeness (QED) is 0.927. The first kappa shape index (κ1) is 11.3. The molecule has 0 saturated heterocycles. The average Bonchev–Trinajstić information content (AvgIpc) is 2.72. The van der Waals surface area contributed by atoms with Gasteiger partial charge in [-0.3, -0.25) is 0 Å². The third-order valence-corrected chi connectivity index (χ3v) is 4.75. The van der Waals surface area contributed by atoms with E-state index >= 15 is 0 Å². The van der Waals surface area contributed by atoms with Gasteiger partial charge in [-0.2, -0.15) is 0 Å². The third-order valence-electron chi connectivity index (χ3n) is 3.03. The lowest BCUT2D eigenvalue weighted by Gasteiger charge is -2.31. The molecule has 0 spiro atoms. The summed E-state index contributed by atoms with van der Waals surface area (Å²) in [6, 6.07) is 4.38. The zero-order valence-corrected chi connectivity index (χ0v) is 11.5. The van der Waals surface area contributed by atoms with Gasteiger partial charge in [0, 0.05) is 28.0 Å². The molecule has 1 fully saturated rings. The second-order valence-corrected chi connectivity index (χ2v) is 6.18. The van der Waals surface area contributed by atoms with Crippen LogP contribution in [0.2, 0.25) is 0 Å². The SMILES string of the molecule is NC1CC(c2nccc(-c3cc(Br)cs3)n2)C1. The maximum Gasteiger partial charge on any atom is 0.132 e. The summed E-state index contributed by atoms with van der Waals surface area (Å²) in [5, 5.41) is 2.07. The Morgan fingerprint density at radius 2 is 2.24 bits per heavy atom. The van der Waals surface area contributed by atoms with E-state index in [1.54, 1.807) is 11.3 Å². The summed E-state index contributed by atoms with van der Waals surface area (Å²) < 4.78 is 1.10. The fraction of sp³-hybridized carbons (Fsp3) is 0.333. The van der Waals surface area contributed by atoms with E-state index in [0.717, 1.165) is 28.8 Å². The van der Waals surface area contributed by atoms with Crippen molar-refractivity contribution in [1.82, 2.24) is 9.97 Å². The smallest absolute Gasteiger partial charge is 0.132 e. The Morgan fingerprint density at radius 3 is 2.88 bits per heavy atom. The molecule has 1 aliphatic rings. The Kier molecular flexibility index (Phi) is 2.98. The van der Waals surface area contributed by atoms with E-state index in [1.807, 2.05) is 12.3 Å². The minimum Gasteiger partial charge on any atom is -0.328 e. The second kappa shape index (κ2) is 4.48. The van der Waals surface area contributed by atoms with Gasteiger partial charge in [-0.15, -0.1) is 11.3 Å². The zero-order chi connectivity index (χ0) is 11.8. The maximum absolute atomic E-state index is 5.80. The molecule has 2 heterocycles. The van der Waals surface area contributed by atoms with Crippen molar-refractivity contribution in [2.24, 2.45) is 5.73 Å². The van der Waals surface area contributed by atoms with Gasteiger partial charge in [-0.05, 0) is 40.9 Å². The summed E-state index contributed by atoms with van der Waals surface area (Å²) in [4.78, 5) is 10.2. The number of rotatable bonds is 2. The van der Waals surface area contributed by atoms with Gasteiger partial charge in [0.1, 0.15) is 5.82 Å². The van der Waals surface area contributed by atoms with E-state index < -0.39 is 0 Å². The van der Waals surface area contributed by atoms with Gasteiger partial charge in [-0.25, -0.2) is 9.97 Å². The fourth-order valence-electron chi connectivity index (χ4n) is 2.03. The predicted octanol–water partition coefficient (Wildman–Crippen LogP) is 3.17. The molecule has 0 amide bonds. The van der Waals surface area contributed by atoms with Crippen LogP contribution in [0.4, 0.5) is 0 Å². The third kappa shape index (κ3) is 2.27. The number of thiophene rings is 1. The van der Waals surface area contributed by atoms with Gasteiger partial charge in [0.15, 0.2) is 0 Å². The molecule has 0 aromatic carbocycles. The molecule has 0 unspecified atom stereocenters. The molecule has 17 heavy (non-hydrogen) atoms. The van der Waals surface area contributed by atoms with Crippen LogP contribution in [0, 0.1) is 0 Å². The minimum absolute atomic E-state index is 0.336. The van der Waals surface area contributed by atoms with Crippen LogP contribution in [0.3, 0.4) is 0 Å². The van der Waals surface area contributed by atoms with Gasteiger partial charge in [0.05, 0.1) is 10.6 Å². The molecular formula is C12H12BrN3S. The van der Waals surface area contributed by atoms with Gasteiger partial charge in [-0.1, -0.05) is 0 Å². The summed E-state index contributed by atoms with van der Waals surface area (Å²) in [5.41, 5.74) is 6.80. The summed E-state index contributed by atoms with van der Waals surface area (Å²) in [5.74, 6) is 1.39. The monoisotopic (exact) mass is 309 g/mol.